The zero-order chi connectivity index (χ0) is 28.5. The SMILES string of the molecule is C[C@@H]1C(O)[C@@H](OC2C(O)C(O[C@H]3O[C@H](CCCCO)CCC3N)[C@@H](N)C[C@H]2N=C(N)C2(O)CC2)OCC1(C)O. The van der Waals surface area contributed by atoms with Crippen molar-refractivity contribution in [1.82, 2.24) is 0 Å². The summed E-state index contributed by atoms with van der Waals surface area (Å²) >= 11 is 0. The van der Waals surface area contributed by atoms with Crippen molar-refractivity contribution < 1.29 is 44.5 Å². The molecule has 0 aromatic rings. The number of ether oxygens (including phenoxy) is 4. The Bertz CT molecular complexity index is 844. The molecular formula is C26H48N4O9. The molecule has 2 heterocycles. The Morgan fingerprint density at radius 3 is 2.36 bits per heavy atom. The minimum absolute atomic E-state index is 0.0460. The second-order valence-corrected chi connectivity index (χ2v) is 12.1. The summed E-state index contributed by atoms with van der Waals surface area (Å²) in [5.41, 5.74) is 16.5. The van der Waals surface area contributed by atoms with Crippen molar-refractivity contribution in [2.45, 2.75) is 138 Å². The van der Waals surface area contributed by atoms with E-state index in [0.717, 1.165) is 19.3 Å². The van der Waals surface area contributed by atoms with Crippen molar-refractivity contribution in [3.05, 3.63) is 0 Å². The van der Waals surface area contributed by atoms with Gasteiger partial charge >= 0.3 is 0 Å². The van der Waals surface area contributed by atoms with Crippen LogP contribution in [0.5, 0.6) is 0 Å². The largest absolute Gasteiger partial charge is 0.396 e. The van der Waals surface area contributed by atoms with E-state index in [-0.39, 0.29) is 31.6 Å². The predicted octanol–water partition coefficient (Wildman–Crippen LogP) is -1.80. The van der Waals surface area contributed by atoms with Gasteiger partial charge in [0, 0.05) is 18.6 Å². The van der Waals surface area contributed by atoms with Gasteiger partial charge in [-0.3, -0.25) is 4.99 Å². The molecule has 0 radical (unpaired) electrons. The van der Waals surface area contributed by atoms with Gasteiger partial charge in [0.2, 0.25) is 0 Å². The molecular weight excluding hydrogens is 512 g/mol. The highest BCUT2D eigenvalue weighted by molar-refractivity contribution is 5.91. The summed E-state index contributed by atoms with van der Waals surface area (Å²) in [6.07, 6.45) is -1.60. The summed E-state index contributed by atoms with van der Waals surface area (Å²) in [6, 6.07) is -1.85. The smallest absolute Gasteiger partial charge is 0.184 e. The lowest BCUT2D eigenvalue weighted by Gasteiger charge is -2.48. The molecule has 2 aliphatic carbocycles. The standard InChI is InChI=1S/C26H48N4O9/c1-13-18(32)23(36-12-25(13,2)34)39-21-17(30-24(29)26(35)8-9-26)11-16(28)20(19(21)33)38-22-15(27)7-6-14(37-22)5-3-4-10-31/h13-23,31-35H,3-12,27-28H2,1-2H3,(H2,29,30)/t13-,14-,15?,16+,17-,18?,19?,20?,21?,22-,23-,25?/m1/s1. The quantitative estimate of drug-likeness (QED) is 0.0840. The summed E-state index contributed by atoms with van der Waals surface area (Å²) in [5.74, 6) is -0.522. The number of unbranched alkanes of at least 4 members (excludes halogenated alkanes) is 1. The average molecular weight is 561 g/mol. The van der Waals surface area contributed by atoms with Crippen LogP contribution in [-0.2, 0) is 18.9 Å². The van der Waals surface area contributed by atoms with Crippen LogP contribution in [0.1, 0.15) is 65.2 Å². The first-order valence-electron chi connectivity index (χ1n) is 14.2. The number of aliphatic imine (C=N–C) groups is 1. The van der Waals surface area contributed by atoms with Gasteiger partial charge in [0.05, 0.1) is 30.4 Å². The van der Waals surface area contributed by atoms with Crippen LogP contribution in [0.3, 0.4) is 0 Å². The zero-order valence-corrected chi connectivity index (χ0v) is 23.0. The lowest BCUT2D eigenvalue weighted by molar-refractivity contribution is -0.313. The molecule has 2 aliphatic heterocycles. The van der Waals surface area contributed by atoms with E-state index in [2.05, 4.69) is 4.99 Å². The average Bonchev–Trinajstić information content (AvgIpc) is 3.64. The molecule has 2 saturated carbocycles. The predicted molar refractivity (Wildman–Crippen MR) is 140 cm³/mol. The van der Waals surface area contributed by atoms with Crippen LogP contribution in [0.4, 0.5) is 0 Å². The lowest BCUT2D eigenvalue weighted by Crippen LogP contribution is -2.64. The molecule has 4 aliphatic rings. The molecule has 0 spiro atoms. The number of amidine groups is 1. The number of rotatable bonds is 10. The maximum absolute atomic E-state index is 11.5. The molecule has 0 bridgehead atoms. The van der Waals surface area contributed by atoms with E-state index in [1.807, 2.05) is 0 Å². The van der Waals surface area contributed by atoms with E-state index in [1.165, 1.54) is 0 Å². The molecule has 2 saturated heterocycles. The van der Waals surface area contributed by atoms with Crippen LogP contribution in [0.2, 0.25) is 0 Å². The van der Waals surface area contributed by atoms with Crippen LogP contribution in [0, 0.1) is 5.92 Å². The van der Waals surface area contributed by atoms with Crippen molar-refractivity contribution in [1.29, 1.82) is 0 Å². The van der Waals surface area contributed by atoms with E-state index in [0.29, 0.717) is 25.7 Å². The molecule has 12 atom stereocenters. The normalized spacial score (nSPS) is 46.7. The van der Waals surface area contributed by atoms with Gasteiger partial charge in [0.25, 0.3) is 0 Å². The second kappa shape index (κ2) is 12.5. The van der Waals surface area contributed by atoms with Crippen LogP contribution >= 0.6 is 0 Å². The van der Waals surface area contributed by atoms with Crippen molar-refractivity contribution in [2.75, 3.05) is 13.2 Å². The molecule has 13 nitrogen and oxygen atoms in total. The van der Waals surface area contributed by atoms with Crippen molar-refractivity contribution in [2.24, 2.45) is 28.1 Å². The molecule has 39 heavy (non-hydrogen) atoms. The van der Waals surface area contributed by atoms with Gasteiger partial charge in [0.15, 0.2) is 12.6 Å². The Kier molecular flexibility index (Phi) is 9.92. The first kappa shape index (κ1) is 31.0. The lowest BCUT2D eigenvalue weighted by atomic mass is 9.82. The second-order valence-electron chi connectivity index (χ2n) is 12.1. The van der Waals surface area contributed by atoms with Crippen LogP contribution < -0.4 is 17.2 Å². The van der Waals surface area contributed by atoms with E-state index < -0.39 is 72.2 Å². The summed E-state index contributed by atoms with van der Waals surface area (Å²) in [7, 11) is 0. The maximum atomic E-state index is 11.5. The third-order valence-electron chi connectivity index (χ3n) is 8.82. The van der Waals surface area contributed by atoms with Gasteiger partial charge in [-0.05, 0) is 58.3 Å². The highest BCUT2D eigenvalue weighted by Crippen LogP contribution is 2.38. The number of nitrogens with zero attached hydrogens (tertiary/aromatic N) is 1. The molecule has 4 fully saturated rings. The molecule has 0 aromatic heterocycles. The third kappa shape index (κ3) is 7.09. The molecule has 226 valence electrons. The van der Waals surface area contributed by atoms with Gasteiger partial charge in [-0.2, -0.15) is 0 Å². The van der Waals surface area contributed by atoms with Crippen molar-refractivity contribution >= 4 is 5.84 Å². The fourth-order valence-corrected chi connectivity index (χ4v) is 5.58. The maximum Gasteiger partial charge on any atom is 0.184 e. The number of nitrogens with two attached hydrogens (primary N) is 3. The Balaban J connectivity index is 1.51. The fraction of sp³-hybridized carbons (Fsp3) is 0.962. The summed E-state index contributed by atoms with van der Waals surface area (Å²) < 4.78 is 24.1. The summed E-state index contributed by atoms with van der Waals surface area (Å²) in [5, 5.41) is 52.4. The zero-order valence-electron chi connectivity index (χ0n) is 23.0. The third-order valence-corrected chi connectivity index (χ3v) is 8.82. The van der Waals surface area contributed by atoms with Crippen molar-refractivity contribution in [3.63, 3.8) is 0 Å². The van der Waals surface area contributed by atoms with Crippen LogP contribution in [0.15, 0.2) is 4.99 Å². The Hall–Kier alpha value is -0.970. The van der Waals surface area contributed by atoms with Gasteiger partial charge in [0.1, 0.15) is 35.9 Å². The highest BCUT2D eigenvalue weighted by Gasteiger charge is 2.52. The Morgan fingerprint density at radius 1 is 1.00 bits per heavy atom. The minimum Gasteiger partial charge on any atom is -0.396 e. The van der Waals surface area contributed by atoms with E-state index >= 15 is 0 Å². The Morgan fingerprint density at radius 2 is 1.69 bits per heavy atom. The van der Waals surface area contributed by atoms with Crippen LogP contribution in [0.25, 0.3) is 0 Å². The first-order chi connectivity index (χ1) is 18.4. The summed E-state index contributed by atoms with van der Waals surface area (Å²) in [4.78, 5) is 4.50. The number of hydrogen-bond donors (Lipinski definition) is 8. The van der Waals surface area contributed by atoms with E-state index in [4.69, 9.17) is 41.3 Å². The molecule has 0 aromatic carbocycles. The number of aliphatic hydroxyl groups is 5. The van der Waals surface area contributed by atoms with Crippen molar-refractivity contribution in [3.8, 4) is 0 Å². The Labute approximate surface area is 229 Å². The van der Waals surface area contributed by atoms with E-state index in [9.17, 15) is 20.4 Å². The first-order valence-corrected chi connectivity index (χ1v) is 14.2. The highest BCUT2D eigenvalue weighted by atomic mass is 16.7. The van der Waals surface area contributed by atoms with Crippen LogP contribution in [-0.4, -0.2) is 117 Å². The number of hydrogen-bond acceptors (Lipinski definition) is 12. The molecule has 0 amide bonds. The fourth-order valence-electron chi connectivity index (χ4n) is 5.58. The minimum atomic E-state index is -1.32. The monoisotopic (exact) mass is 560 g/mol. The van der Waals surface area contributed by atoms with E-state index in [1.54, 1.807) is 13.8 Å². The summed E-state index contributed by atoms with van der Waals surface area (Å²) in [6.45, 7) is 3.32. The molecule has 11 N–H and O–H groups in total. The molecule has 6 unspecified atom stereocenters. The van der Waals surface area contributed by atoms with Gasteiger partial charge in [-0.1, -0.05) is 6.92 Å². The molecule has 4 rings (SSSR count). The van der Waals surface area contributed by atoms with Gasteiger partial charge in [-0.15, -0.1) is 0 Å². The molecule has 13 heteroatoms. The number of aliphatic hydroxyl groups excluding tert-OH is 3. The van der Waals surface area contributed by atoms with Gasteiger partial charge in [-0.25, -0.2) is 0 Å². The van der Waals surface area contributed by atoms with Gasteiger partial charge < -0.3 is 61.7 Å². The topological polar surface area (TPSA) is 228 Å².